The van der Waals surface area contributed by atoms with E-state index in [4.69, 9.17) is 4.74 Å². The van der Waals surface area contributed by atoms with E-state index >= 15 is 0 Å². The van der Waals surface area contributed by atoms with E-state index in [0.29, 0.717) is 5.56 Å². The molecule has 43 heavy (non-hydrogen) atoms. The fourth-order valence-electron chi connectivity index (χ4n) is 4.68. The maximum Gasteiger partial charge on any atom is 0.261 e. The average Bonchev–Trinajstić information content (AvgIpc) is 3.00. The molecule has 0 aliphatic carbocycles. The van der Waals surface area contributed by atoms with Crippen LogP contribution >= 0.6 is 0 Å². The molecular weight excluding hydrogens is 604 g/mol. The minimum Gasteiger partial charge on any atom is -0.488 e. The number of rotatable bonds is 9. The molecule has 0 spiro atoms. The Bertz CT molecular complexity index is 1670. The molecule has 0 bridgehead atoms. The number of amides is 1. The van der Waals surface area contributed by atoms with Gasteiger partial charge >= 0.3 is 0 Å². The second-order valence-corrected chi connectivity index (χ2v) is 14.2. The van der Waals surface area contributed by atoms with Crippen molar-refractivity contribution in [2.24, 2.45) is 5.92 Å². The fourth-order valence-corrected chi connectivity index (χ4v) is 6.91. The lowest BCUT2D eigenvalue weighted by Gasteiger charge is -2.33. The number of likely N-dealkylation sites (N-methyl/N-ethyl adjacent to an activating group) is 1. The molecule has 0 unspecified atom stereocenters. The highest BCUT2D eigenvalue weighted by Crippen LogP contribution is 2.30. The summed E-state index contributed by atoms with van der Waals surface area (Å²) in [6, 6.07) is 12.6. The first-order valence-electron chi connectivity index (χ1n) is 13.4. The molecule has 1 aliphatic heterocycles. The van der Waals surface area contributed by atoms with E-state index < -0.39 is 49.7 Å². The number of hydrogen-bond acceptors (Lipinski definition) is 7. The predicted octanol–water partition coefficient (Wildman–Crippen LogP) is 3.24. The Morgan fingerprint density at radius 1 is 1.00 bits per heavy atom. The van der Waals surface area contributed by atoms with Gasteiger partial charge in [-0.2, -0.15) is 4.31 Å². The Morgan fingerprint density at radius 3 is 2.16 bits per heavy atom. The third-order valence-electron chi connectivity index (χ3n) is 7.25. The molecule has 3 atom stereocenters. The first kappa shape index (κ1) is 32.3. The van der Waals surface area contributed by atoms with Crippen LogP contribution in [0.25, 0.3) is 0 Å². The number of anilines is 1. The summed E-state index contributed by atoms with van der Waals surface area (Å²) in [6.07, 6.45) is -0.963. The van der Waals surface area contributed by atoms with Crippen LogP contribution in [0.2, 0.25) is 0 Å². The average molecular weight is 638 g/mol. The van der Waals surface area contributed by atoms with E-state index in [1.807, 2.05) is 0 Å². The van der Waals surface area contributed by atoms with Gasteiger partial charge in [0.15, 0.2) is 0 Å². The molecule has 3 aromatic rings. The lowest BCUT2D eigenvalue weighted by Crippen LogP contribution is -2.48. The van der Waals surface area contributed by atoms with Crippen LogP contribution in [0.3, 0.4) is 0 Å². The van der Waals surface area contributed by atoms with Gasteiger partial charge in [-0.05, 0) is 73.7 Å². The molecule has 2 N–H and O–H groups in total. The van der Waals surface area contributed by atoms with Crippen molar-refractivity contribution in [2.45, 2.75) is 42.2 Å². The number of aliphatic hydroxyl groups is 1. The molecule has 0 saturated heterocycles. The molecular formula is C29H33F2N3O7S2. The Hall–Kier alpha value is -3.59. The third kappa shape index (κ3) is 7.50. The number of fused-ring (bicyclic) bond motifs is 1. The van der Waals surface area contributed by atoms with Gasteiger partial charge in [0.25, 0.3) is 10.0 Å². The summed E-state index contributed by atoms with van der Waals surface area (Å²) in [7, 11) is -6.74. The monoisotopic (exact) mass is 637 g/mol. The lowest BCUT2D eigenvalue weighted by atomic mass is 10.0. The fraction of sp³-hybridized carbons (Fsp3) is 0.345. The largest absolute Gasteiger partial charge is 0.488 e. The molecule has 0 fully saturated rings. The molecule has 10 nitrogen and oxygen atoms in total. The minimum atomic E-state index is -4.09. The van der Waals surface area contributed by atoms with Crippen LogP contribution in [0.15, 0.2) is 76.5 Å². The number of carbonyl (C=O) groups excluding carboxylic acids is 1. The molecule has 1 amide bonds. The zero-order valence-corrected chi connectivity index (χ0v) is 25.4. The Balaban J connectivity index is 1.68. The predicted molar refractivity (Wildman–Crippen MR) is 155 cm³/mol. The minimum absolute atomic E-state index is 0.101. The normalized spacial score (nSPS) is 18.7. The number of ether oxygens (including phenoxy) is 1. The van der Waals surface area contributed by atoms with E-state index in [1.165, 1.54) is 42.3 Å². The van der Waals surface area contributed by atoms with Gasteiger partial charge in [-0.15, -0.1) is 0 Å². The summed E-state index contributed by atoms with van der Waals surface area (Å²) in [6.45, 7) is 3.18. The van der Waals surface area contributed by atoms with Gasteiger partial charge < -0.3 is 14.7 Å². The second kappa shape index (κ2) is 13.0. The summed E-state index contributed by atoms with van der Waals surface area (Å²) >= 11 is 0. The Morgan fingerprint density at radius 2 is 1.58 bits per heavy atom. The molecule has 0 aromatic heterocycles. The maximum atomic E-state index is 13.4. The zero-order valence-electron chi connectivity index (χ0n) is 23.8. The van der Waals surface area contributed by atoms with E-state index in [1.54, 1.807) is 13.8 Å². The van der Waals surface area contributed by atoms with Crippen LogP contribution in [-0.4, -0.2) is 75.9 Å². The number of nitrogens with one attached hydrogen (secondary N) is 1. The molecule has 1 aliphatic rings. The molecule has 0 saturated carbocycles. The first-order valence-corrected chi connectivity index (χ1v) is 16.3. The van der Waals surface area contributed by atoms with Crippen molar-refractivity contribution in [3.05, 3.63) is 83.9 Å². The Kier molecular flexibility index (Phi) is 9.74. The standard InChI is InChI=1S/C29H33F2N3O7S2/c1-19-16-34(20(2)18-35)29(36)15-21-14-24(32-42(37,38)25-9-4-22(30)5-10-25)8-13-27(21)41-28(19)17-33(3)43(39,40)26-11-6-23(31)7-12-26/h4-14,19-20,28,32,35H,15-18H2,1-3H3/t19-,20-,28+/m1/s1. The number of halogens is 2. The molecule has 3 aromatic carbocycles. The van der Waals surface area contributed by atoms with Crippen molar-refractivity contribution in [1.82, 2.24) is 9.21 Å². The molecule has 14 heteroatoms. The molecule has 0 radical (unpaired) electrons. The highest BCUT2D eigenvalue weighted by Gasteiger charge is 2.33. The van der Waals surface area contributed by atoms with Gasteiger partial charge in [0.05, 0.1) is 35.4 Å². The second-order valence-electron chi connectivity index (χ2n) is 10.5. The van der Waals surface area contributed by atoms with E-state index in [9.17, 15) is 35.5 Å². The third-order valence-corrected chi connectivity index (χ3v) is 10.5. The summed E-state index contributed by atoms with van der Waals surface area (Å²) < 4.78 is 88.8. The molecule has 4 rings (SSSR count). The summed E-state index contributed by atoms with van der Waals surface area (Å²) in [5, 5.41) is 9.84. The molecule has 1 heterocycles. The van der Waals surface area contributed by atoms with Crippen LogP contribution in [-0.2, 0) is 31.3 Å². The van der Waals surface area contributed by atoms with Crippen molar-refractivity contribution in [3.8, 4) is 5.75 Å². The number of benzene rings is 3. The van der Waals surface area contributed by atoms with E-state index in [0.717, 1.165) is 40.7 Å². The SMILES string of the molecule is C[C@@H]1CN([C@H](C)CO)C(=O)Cc2cc(NS(=O)(=O)c3ccc(F)cc3)ccc2O[C@H]1CN(C)S(=O)(=O)c1ccc(F)cc1. The highest BCUT2D eigenvalue weighted by atomic mass is 32.2. The van der Waals surface area contributed by atoms with Crippen molar-refractivity contribution in [1.29, 1.82) is 0 Å². The number of carbonyl (C=O) groups is 1. The van der Waals surface area contributed by atoms with E-state index in [-0.39, 0.29) is 53.3 Å². The van der Waals surface area contributed by atoms with Crippen molar-refractivity contribution in [3.63, 3.8) is 0 Å². The molecule has 232 valence electrons. The topological polar surface area (TPSA) is 133 Å². The van der Waals surface area contributed by atoms with Gasteiger partial charge in [-0.25, -0.2) is 25.6 Å². The number of aliphatic hydroxyl groups excluding tert-OH is 1. The number of nitrogens with zero attached hydrogens (tertiary/aromatic N) is 2. The van der Waals surface area contributed by atoms with Gasteiger partial charge in [0.1, 0.15) is 23.5 Å². The van der Waals surface area contributed by atoms with Gasteiger partial charge in [0.2, 0.25) is 15.9 Å². The summed E-state index contributed by atoms with van der Waals surface area (Å²) in [4.78, 5) is 14.7. The highest BCUT2D eigenvalue weighted by molar-refractivity contribution is 7.92. The zero-order chi connectivity index (χ0) is 31.5. The number of hydrogen-bond donors (Lipinski definition) is 2. The van der Waals surface area contributed by atoms with Crippen LogP contribution in [0, 0.1) is 17.6 Å². The van der Waals surface area contributed by atoms with Crippen LogP contribution in [0.1, 0.15) is 19.4 Å². The van der Waals surface area contributed by atoms with Crippen LogP contribution in [0.4, 0.5) is 14.5 Å². The van der Waals surface area contributed by atoms with Crippen molar-refractivity contribution in [2.75, 3.05) is 31.5 Å². The maximum absolute atomic E-state index is 13.4. The van der Waals surface area contributed by atoms with Gasteiger partial charge in [-0.1, -0.05) is 6.92 Å². The van der Waals surface area contributed by atoms with Gasteiger partial charge in [-0.3, -0.25) is 9.52 Å². The number of sulfonamides is 2. The summed E-state index contributed by atoms with van der Waals surface area (Å²) in [5.74, 6) is -1.67. The van der Waals surface area contributed by atoms with Crippen LogP contribution < -0.4 is 9.46 Å². The van der Waals surface area contributed by atoms with Crippen LogP contribution in [0.5, 0.6) is 5.75 Å². The van der Waals surface area contributed by atoms with Crippen molar-refractivity contribution < 1.29 is 40.3 Å². The van der Waals surface area contributed by atoms with E-state index in [2.05, 4.69) is 4.72 Å². The van der Waals surface area contributed by atoms with Gasteiger partial charge in [0, 0.05) is 30.8 Å². The first-order chi connectivity index (χ1) is 20.2. The smallest absolute Gasteiger partial charge is 0.261 e. The summed E-state index contributed by atoms with van der Waals surface area (Å²) in [5.41, 5.74) is 0.462. The Labute approximate surface area is 250 Å². The lowest BCUT2D eigenvalue weighted by molar-refractivity contribution is -0.134. The van der Waals surface area contributed by atoms with Crippen molar-refractivity contribution >= 4 is 31.6 Å². The quantitative estimate of drug-likeness (QED) is 0.368.